The first-order valence-electron chi connectivity index (χ1n) is 15.7. The molecule has 1 saturated heterocycles. The minimum atomic E-state index is -4.48. The Hall–Kier alpha value is -4.05. The number of amides is 1. The Labute approximate surface area is 268 Å². The third kappa shape index (κ3) is 8.20. The molecule has 1 aliphatic carbocycles. The Morgan fingerprint density at radius 1 is 0.913 bits per heavy atom. The first-order chi connectivity index (χ1) is 21.8. The number of benzene rings is 3. The van der Waals surface area contributed by atoms with Crippen molar-refractivity contribution < 1.29 is 37.0 Å². The molecule has 4 atom stereocenters. The highest BCUT2D eigenvalue weighted by atomic mass is 19.4. The lowest BCUT2D eigenvalue weighted by Gasteiger charge is -2.21. The topological polar surface area (TPSA) is 77.1 Å². The lowest BCUT2D eigenvalue weighted by atomic mass is 9.87. The van der Waals surface area contributed by atoms with Gasteiger partial charge < -0.3 is 24.4 Å². The van der Waals surface area contributed by atoms with Crippen molar-refractivity contribution in [1.82, 2.24) is 10.2 Å². The summed E-state index contributed by atoms with van der Waals surface area (Å²) in [6, 6.07) is 20.2. The summed E-state index contributed by atoms with van der Waals surface area (Å²) < 4.78 is 56.3. The maximum Gasteiger partial charge on any atom is 0.416 e. The number of carbonyl (C=O) groups is 2. The van der Waals surface area contributed by atoms with Crippen molar-refractivity contribution in [3.05, 3.63) is 95.1 Å². The Bertz CT molecular complexity index is 1490. The number of nitrogens with zero attached hydrogens (tertiary/aromatic N) is 1. The number of likely N-dealkylation sites (tertiary alicyclic amines) is 1. The van der Waals surface area contributed by atoms with E-state index in [1.54, 1.807) is 11.8 Å². The van der Waals surface area contributed by atoms with Gasteiger partial charge in [-0.15, -0.1) is 0 Å². The minimum Gasteiger partial charge on any atom is -0.492 e. The molecule has 0 bridgehead atoms. The second-order valence-corrected chi connectivity index (χ2v) is 12.9. The van der Waals surface area contributed by atoms with Gasteiger partial charge in [0.25, 0.3) is 5.91 Å². The van der Waals surface area contributed by atoms with E-state index in [-0.39, 0.29) is 29.5 Å². The van der Waals surface area contributed by atoms with Gasteiger partial charge in [0.2, 0.25) is 0 Å². The van der Waals surface area contributed by atoms with E-state index in [4.69, 9.17) is 14.2 Å². The van der Waals surface area contributed by atoms with E-state index in [1.807, 2.05) is 48.5 Å². The molecule has 10 heteroatoms. The smallest absolute Gasteiger partial charge is 0.416 e. The molecule has 1 unspecified atom stereocenters. The number of alkyl halides is 3. The lowest BCUT2D eigenvalue weighted by molar-refractivity contribution is -0.151. The summed E-state index contributed by atoms with van der Waals surface area (Å²) in [6.07, 6.45) is -4.92. The summed E-state index contributed by atoms with van der Waals surface area (Å²) in [5, 5.41) is 3.47. The maximum absolute atomic E-state index is 13.0. The van der Waals surface area contributed by atoms with Crippen LogP contribution in [0.25, 0.3) is 0 Å². The number of fused-ring (bicyclic) bond motifs is 1. The SMILES string of the molecule is CCOC(=O)[C@H](Cc1ccc(OCCNC2[C@H]3CN(C(=O)c4cccc(C(F)(F)F)c4)C[C@@H]23)cc1)Oc1ccc(C(C)(C)C)cc1. The summed E-state index contributed by atoms with van der Waals surface area (Å²) >= 11 is 0. The van der Waals surface area contributed by atoms with Gasteiger partial charge in [0.1, 0.15) is 18.1 Å². The molecule has 1 saturated carbocycles. The van der Waals surface area contributed by atoms with Crippen LogP contribution in [0.4, 0.5) is 13.2 Å². The highest BCUT2D eigenvalue weighted by Gasteiger charge is 2.56. The molecule has 1 amide bonds. The third-order valence-electron chi connectivity index (χ3n) is 8.56. The third-order valence-corrected chi connectivity index (χ3v) is 8.56. The van der Waals surface area contributed by atoms with Crippen LogP contribution in [-0.2, 0) is 27.5 Å². The van der Waals surface area contributed by atoms with Crippen molar-refractivity contribution in [3.63, 3.8) is 0 Å². The highest BCUT2D eigenvalue weighted by molar-refractivity contribution is 5.94. The molecule has 0 radical (unpaired) electrons. The van der Waals surface area contributed by atoms with Gasteiger partial charge >= 0.3 is 12.1 Å². The standard InChI is InChI=1S/C36H41F3N2O5/c1-5-44-34(43)31(46-28-15-11-25(12-16-28)35(2,3)4)19-23-9-13-27(14-10-23)45-18-17-40-32-29-21-41(22-30(29)32)33(42)24-7-6-8-26(20-24)36(37,38)39/h6-16,20,29-32,40H,5,17-19,21-22H2,1-4H3/t29-,30+,31-,32?/m0/s1. The number of esters is 1. The quantitative estimate of drug-likeness (QED) is 0.186. The Kier molecular flexibility index (Phi) is 9.96. The van der Waals surface area contributed by atoms with E-state index in [1.165, 1.54) is 17.7 Å². The fraction of sp³-hybridized carbons (Fsp3) is 0.444. The van der Waals surface area contributed by atoms with Crippen molar-refractivity contribution in [2.75, 3.05) is 32.8 Å². The summed E-state index contributed by atoms with van der Waals surface area (Å²) in [5.41, 5.74) is 1.35. The summed E-state index contributed by atoms with van der Waals surface area (Å²) in [4.78, 5) is 27.1. The Balaban J connectivity index is 1.05. The molecule has 2 fully saturated rings. The van der Waals surface area contributed by atoms with Crippen LogP contribution in [-0.4, -0.2) is 61.8 Å². The van der Waals surface area contributed by atoms with E-state index in [0.717, 1.165) is 17.7 Å². The predicted molar refractivity (Wildman–Crippen MR) is 168 cm³/mol. The van der Waals surface area contributed by atoms with E-state index in [0.29, 0.717) is 56.0 Å². The van der Waals surface area contributed by atoms with Crippen molar-refractivity contribution in [2.24, 2.45) is 11.8 Å². The van der Waals surface area contributed by atoms with Crippen molar-refractivity contribution in [3.8, 4) is 11.5 Å². The first kappa shape index (κ1) is 33.3. The molecule has 46 heavy (non-hydrogen) atoms. The monoisotopic (exact) mass is 638 g/mol. The van der Waals surface area contributed by atoms with Gasteiger partial charge in [-0.1, -0.05) is 51.1 Å². The van der Waals surface area contributed by atoms with E-state index < -0.39 is 23.8 Å². The first-order valence-corrected chi connectivity index (χ1v) is 15.7. The number of hydrogen-bond acceptors (Lipinski definition) is 6. The van der Waals surface area contributed by atoms with Crippen LogP contribution in [0.1, 0.15) is 54.7 Å². The molecular formula is C36H41F3N2O5. The average molecular weight is 639 g/mol. The second kappa shape index (κ2) is 13.7. The fourth-order valence-electron chi connectivity index (χ4n) is 5.94. The number of hydrogen-bond donors (Lipinski definition) is 1. The van der Waals surface area contributed by atoms with Crippen LogP contribution in [0.3, 0.4) is 0 Å². The van der Waals surface area contributed by atoms with Crippen LogP contribution < -0.4 is 14.8 Å². The zero-order valence-corrected chi connectivity index (χ0v) is 26.6. The van der Waals surface area contributed by atoms with Crippen molar-refractivity contribution in [2.45, 2.75) is 57.9 Å². The van der Waals surface area contributed by atoms with Gasteiger partial charge in [0.15, 0.2) is 6.10 Å². The van der Waals surface area contributed by atoms with Crippen molar-refractivity contribution in [1.29, 1.82) is 0 Å². The van der Waals surface area contributed by atoms with Crippen LogP contribution in [0.15, 0.2) is 72.8 Å². The van der Waals surface area contributed by atoms with E-state index in [2.05, 4.69) is 26.1 Å². The van der Waals surface area contributed by atoms with Crippen LogP contribution in [0, 0.1) is 11.8 Å². The lowest BCUT2D eigenvalue weighted by Crippen LogP contribution is -2.36. The van der Waals surface area contributed by atoms with Gasteiger partial charge in [-0.3, -0.25) is 4.79 Å². The predicted octanol–water partition coefficient (Wildman–Crippen LogP) is 6.30. The van der Waals surface area contributed by atoms with Crippen LogP contribution in [0.2, 0.25) is 0 Å². The van der Waals surface area contributed by atoms with Gasteiger partial charge in [0, 0.05) is 37.7 Å². The highest BCUT2D eigenvalue weighted by Crippen LogP contribution is 2.46. The zero-order valence-electron chi connectivity index (χ0n) is 26.6. The maximum atomic E-state index is 13.0. The molecular weight excluding hydrogens is 597 g/mol. The molecule has 3 aromatic carbocycles. The van der Waals surface area contributed by atoms with Gasteiger partial charge in [0.05, 0.1) is 12.2 Å². The van der Waals surface area contributed by atoms with Gasteiger partial charge in [-0.2, -0.15) is 13.2 Å². The van der Waals surface area contributed by atoms with Crippen LogP contribution in [0.5, 0.6) is 11.5 Å². The van der Waals surface area contributed by atoms with E-state index in [9.17, 15) is 22.8 Å². The number of rotatable bonds is 12. The Morgan fingerprint density at radius 3 is 2.17 bits per heavy atom. The molecule has 1 heterocycles. The number of piperidine rings is 1. The molecule has 0 spiro atoms. The Morgan fingerprint density at radius 2 is 1.57 bits per heavy atom. The minimum absolute atomic E-state index is 0.0144. The zero-order chi connectivity index (χ0) is 33.1. The molecule has 2 aliphatic rings. The number of nitrogens with one attached hydrogen (secondary N) is 1. The molecule has 1 aliphatic heterocycles. The summed E-state index contributed by atoms with van der Waals surface area (Å²) in [5.74, 6) is 1.11. The number of halogens is 3. The van der Waals surface area contributed by atoms with Gasteiger partial charge in [-0.25, -0.2) is 4.79 Å². The average Bonchev–Trinajstić information content (AvgIpc) is 3.46. The number of ether oxygens (including phenoxy) is 3. The number of carbonyl (C=O) groups excluding carboxylic acids is 2. The molecule has 7 nitrogen and oxygen atoms in total. The molecule has 246 valence electrons. The molecule has 3 aromatic rings. The van der Waals surface area contributed by atoms with Crippen molar-refractivity contribution >= 4 is 11.9 Å². The second-order valence-electron chi connectivity index (χ2n) is 12.9. The summed E-state index contributed by atoms with van der Waals surface area (Å²) in [7, 11) is 0. The van der Waals surface area contributed by atoms with E-state index >= 15 is 0 Å². The molecule has 0 aromatic heterocycles. The summed E-state index contributed by atoms with van der Waals surface area (Å²) in [6.45, 7) is 10.6. The normalized spacial score (nSPS) is 19.7. The van der Waals surface area contributed by atoms with Crippen LogP contribution >= 0.6 is 0 Å². The van der Waals surface area contributed by atoms with Gasteiger partial charge in [-0.05, 0) is 77.8 Å². The molecule has 1 N–H and O–H groups in total. The largest absolute Gasteiger partial charge is 0.492 e. The molecule has 5 rings (SSSR count). The fourth-order valence-corrected chi connectivity index (χ4v) is 5.94.